The fourth-order valence-corrected chi connectivity index (χ4v) is 3.38. The minimum atomic E-state index is 0.288. The van der Waals surface area contributed by atoms with Gasteiger partial charge in [0.1, 0.15) is 5.02 Å². The molecule has 7 heteroatoms. The van der Waals surface area contributed by atoms with Gasteiger partial charge >= 0.3 is 0 Å². The zero-order valence-electron chi connectivity index (χ0n) is 13.0. The summed E-state index contributed by atoms with van der Waals surface area (Å²) in [6.07, 6.45) is 4.92. The van der Waals surface area contributed by atoms with Crippen LogP contribution < -0.4 is 16.0 Å². The number of hydrogen-bond donors (Lipinski definition) is 2. The van der Waals surface area contributed by atoms with E-state index in [1.54, 1.807) is 0 Å². The highest BCUT2D eigenvalue weighted by molar-refractivity contribution is 6.33. The number of nitrogens with two attached hydrogens (primary N) is 1. The number of halogens is 1. The van der Waals surface area contributed by atoms with Gasteiger partial charge < -0.3 is 20.7 Å². The number of nitrogens with one attached hydrogen (secondary N) is 1. The summed E-state index contributed by atoms with van der Waals surface area (Å²) in [5.41, 5.74) is 6.48. The molecule has 1 aromatic heterocycles. The van der Waals surface area contributed by atoms with Crippen molar-refractivity contribution in [2.24, 2.45) is 0 Å². The molecule has 0 bridgehead atoms. The normalized spacial score (nSPS) is 23.2. The number of aromatic nitrogens is 2. The average Bonchev–Trinajstić information content (AvgIpc) is 3.03. The van der Waals surface area contributed by atoms with Crippen molar-refractivity contribution in [1.82, 2.24) is 15.3 Å². The SMILES string of the molecule is Cc1nc(N)nc(N2CCC(NC[C@@H]3CCCO3)CC2)c1Cl. The molecule has 3 heterocycles. The summed E-state index contributed by atoms with van der Waals surface area (Å²) in [5.74, 6) is 1.06. The van der Waals surface area contributed by atoms with E-state index >= 15 is 0 Å². The lowest BCUT2D eigenvalue weighted by molar-refractivity contribution is 0.106. The molecule has 2 saturated heterocycles. The molecule has 3 rings (SSSR count). The van der Waals surface area contributed by atoms with Gasteiger partial charge in [-0.3, -0.25) is 0 Å². The molecule has 0 spiro atoms. The van der Waals surface area contributed by atoms with Crippen LogP contribution in [0.15, 0.2) is 0 Å². The van der Waals surface area contributed by atoms with Gasteiger partial charge in [0.2, 0.25) is 5.95 Å². The lowest BCUT2D eigenvalue weighted by Crippen LogP contribution is -2.45. The minimum Gasteiger partial charge on any atom is -0.377 e. The molecule has 2 fully saturated rings. The molecule has 0 unspecified atom stereocenters. The molecule has 122 valence electrons. The first-order valence-electron chi connectivity index (χ1n) is 8.03. The Kier molecular flexibility index (Phi) is 5.00. The Morgan fingerprint density at radius 1 is 1.32 bits per heavy atom. The zero-order valence-corrected chi connectivity index (χ0v) is 13.8. The van der Waals surface area contributed by atoms with Crippen molar-refractivity contribution in [3.05, 3.63) is 10.7 Å². The molecule has 2 aliphatic rings. The Balaban J connectivity index is 1.53. The minimum absolute atomic E-state index is 0.288. The number of nitrogens with zero attached hydrogens (tertiary/aromatic N) is 3. The van der Waals surface area contributed by atoms with Crippen LogP contribution in [0.3, 0.4) is 0 Å². The number of hydrogen-bond acceptors (Lipinski definition) is 6. The van der Waals surface area contributed by atoms with Crippen molar-refractivity contribution in [1.29, 1.82) is 0 Å². The van der Waals surface area contributed by atoms with Crippen molar-refractivity contribution in [3.8, 4) is 0 Å². The molecular weight excluding hydrogens is 302 g/mol. The third-order valence-electron chi connectivity index (χ3n) is 4.47. The quantitative estimate of drug-likeness (QED) is 0.878. The predicted octanol–water partition coefficient (Wildman–Crippen LogP) is 1.76. The van der Waals surface area contributed by atoms with Gasteiger partial charge in [-0.2, -0.15) is 4.98 Å². The molecule has 0 saturated carbocycles. The third-order valence-corrected chi connectivity index (χ3v) is 4.91. The molecule has 1 aromatic rings. The summed E-state index contributed by atoms with van der Waals surface area (Å²) in [7, 11) is 0. The van der Waals surface area contributed by atoms with E-state index in [0.29, 0.717) is 17.2 Å². The fraction of sp³-hybridized carbons (Fsp3) is 0.733. The van der Waals surface area contributed by atoms with E-state index in [0.717, 1.165) is 50.6 Å². The zero-order chi connectivity index (χ0) is 15.5. The van der Waals surface area contributed by atoms with E-state index in [4.69, 9.17) is 22.1 Å². The molecular formula is C15H24ClN5O. The summed E-state index contributed by atoms with van der Waals surface area (Å²) in [6, 6.07) is 0.541. The van der Waals surface area contributed by atoms with Crippen LogP contribution in [0.5, 0.6) is 0 Å². The summed E-state index contributed by atoms with van der Waals surface area (Å²) in [6.45, 7) is 5.60. The molecule has 0 aromatic carbocycles. The van der Waals surface area contributed by atoms with E-state index < -0.39 is 0 Å². The van der Waals surface area contributed by atoms with Gasteiger partial charge in [-0.15, -0.1) is 0 Å². The van der Waals surface area contributed by atoms with Crippen LogP contribution in [0.1, 0.15) is 31.4 Å². The maximum Gasteiger partial charge on any atom is 0.222 e. The lowest BCUT2D eigenvalue weighted by Gasteiger charge is -2.34. The van der Waals surface area contributed by atoms with E-state index in [1.807, 2.05) is 6.92 Å². The van der Waals surface area contributed by atoms with Crippen LogP contribution in [0, 0.1) is 6.92 Å². The van der Waals surface area contributed by atoms with E-state index in [-0.39, 0.29) is 5.95 Å². The topological polar surface area (TPSA) is 76.3 Å². The van der Waals surface area contributed by atoms with Crippen LogP contribution in [0.2, 0.25) is 5.02 Å². The smallest absolute Gasteiger partial charge is 0.222 e. The highest BCUT2D eigenvalue weighted by Gasteiger charge is 2.24. The van der Waals surface area contributed by atoms with Crippen molar-refractivity contribution in [3.63, 3.8) is 0 Å². The average molecular weight is 326 g/mol. The van der Waals surface area contributed by atoms with Crippen LogP contribution >= 0.6 is 11.6 Å². The van der Waals surface area contributed by atoms with E-state index in [9.17, 15) is 0 Å². The summed E-state index contributed by atoms with van der Waals surface area (Å²) in [4.78, 5) is 10.6. The van der Waals surface area contributed by atoms with E-state index in [2.05, 4.69) is 20.2 Å². The van der Waals surface area contributed by atoms with Crippen LogP contribution in [-0.4, -0.2) is 48.4 Å². The largest absolute Gasteiger partial charge is 0.377 e. The van der Waals surface area contributed by atoms with Gasteiger partial charge in [0.05, 0.1) is 11.8 Å². The summed E-state index contributed by atoms with van der Waals surface area (Å²) in [5, 5.41) is 4.24. The van der Waals surface area contributed by atoms with Crippen molar-refractivity contribution >= 4 is 23.4 Å². The molecule has 0 amide bonds. The van der Waals surface area contributed by atoms with Crippen LogP contribution in [0.25, 0.3) is 0 Å². The Labute approximate surface area is 136 Å². The first-order valence-corrected chi connectivity index (χ1v) is 8.41. The number of piperidine rings is 1. The number of aryl methyl sites for hydroxylation is 1. The summed E-state index contributed by atoms with van der Waals surface area (Å²) >= 11 is 6.33. The maximum absolute atomic E-state index is 6.33. The van der Waals surface area contributed by atoms with Crippen molar-refractivity contribution in [2.45, 2.75) is 44.8 Å². The molecule has 22 heavy (non-hydrogen) atoms. The lowest BCUT2D eigenvalue weighted by atomic mass is 10.0. The third kappa shape index (κ3) is 3.62. The summed E-state index contributed by atoms with van der Waals surface area (Å²) < 4.78 is 5.66. The monoisotopic (exact) mass is 325 g/mol. The second-order valence-corrected chi connectivity index (χ2v) is 6.49. The fourth-order valence-electron chi connectivity index (χ4n) is 3.17. The van der Waals surface area contributed by atoms with Gasteiger partial charge in [-0.1, -0.05) is 11.6 Å². The molecule has 0 radical (unpaired) electrons. The standard InChI is InChI=1S/C15H24ClN5O/c1-10-13(16)14(20-15(17)19-10)21-6-4-11(5-7-21)18-9-12-3-2-8-22-12/h11-12,18H,2-9H2,1H3,(H2,17,19,20)/t12-/m0/s1. The molecule has 3 N–H and O–H groups in total. The molecule has 6 nitrogen and oxygen atoms in total. The number of anilines is 2. The Hall–Kier alpha value is -1.11. The highest BCUT2D eigenvalue weighted by Crippen LogP contribution is 2.28. The van der Waals surface area contributed by atoms with Gasteiger partial charge in [0.15, 0.2) is 5.82 Å². The van der Waals surface area contributed by atoms with Crippen LogP contribution in [0.4, 0.5) is 11.8 Å². The second kappa shape index (κ2) is 6.98. The first kappa shape index (κ1) is 15.8. The Bertz CT molecular complexity index is 513. The maximum atomic E-state index is 6.33. The van der Waals surface area contributed by atoms with Crippen molar-refractivity contribution in [2.75, 3.05) is 36.9 Å². The van der Waals surface area contributed by atoms with Gasteiger partial charge in [0.25, 0.3) is 0 Å². The first-order chi connectivity index (χ1) is 10.6. The van der Waals surface area contributed by atoms with Gasteiger partial charge in [0, 0.05) is 32.3 Å². The predicted molar refractivity (Wildman–Crippen MR) is 88.4 cm³/mol. The number of rotatable bonds is 4. The molecule has 0 aliphatic carbocycles. The Morgan fingerprint density at radius 2 is 2.09 bits per heavy atom. The van der Waals surface area contributed by atoms with E-state index in [1.165, 1.54) is 12.8 Å². The molecule has 2 aliphatic heterocycles. The Morgan fingerprint density at radius 3 is 2.77 bits per heavy atom. The molecule has 1 atom stereocenters. The van der Waals surface area contributed by atoms with Crippen molar-refractivity contribution < 1.29 is 4.74 Å². The second-order valence-electron chi connectivity index (χ2n) is 6.11. The van der Waals surface area contributed by atoms with Gasteiger partial charge in [-0.05, 0) is 32.6 Å². The number of ether oxygens (including phenoxy) is 1. The number of nitrogen functional groups attached to an aromatic ring is 1. The highest BCUT2D eigenvalue weighted by atomic mass is 35.5. The van der Waals surface area contributed by atoms with Crippen LogP contribution in [-0.2, 0) is 4.74 Å². The van der Waals surface area contributed by atoms with Gasteiger partial charge in [-0.25, -0.2) is 4.98 Å².